The number of rotatable bonds is 5. The molecule has 2 aromatic rings. The largest absolute Gasteiger partial charge is 0.465 e. The SMILES string of the molecule is CCc1ccc(CNc2ncccc2C(=O)OC)s1. The van der Waals surface area contributed by atoms with Gasteiger partial charge in [0.05, 0.1) is 13.7 Å². The summed E-state index contributed by atoms with van der Waals surface area (Å²) in [5.74, 6) is 0.178. The predicted molar refractivity (Wildman–Crippen MR) is 76.6 cm³/mol. The molecule has 0 aromatic carbocycles. The Bertz CT molecular complexity index is 566. The van der Waals surface area contributed by atoms with Gasteiger partial charge in [-0.3, -0.25) is 0 Å². The Balaban J connectivity index is 2.08. The highest BCUT2D eigenvalue weighted by atomic mass is 32.1. The number of ether oxygens (including phenoxy) is 1. The van der Waals surface area contributed by atoms with Crippen molar-refractivity contribution in [1.82, 2.24) is 4.98 Å². The van der Waals surface area contributed by atoms with Gasteiger partial charge in [0.25, 0.3) is 0 Å². The molecule has 0 atom stereocenters. The Morgan fingerprint density at radius 3 is 2.84 bits per heavy atom. The fourth-order valence-electron chi connectivity index (χ4n) is 1.70. The molecule has 0 fully saturated rings. The van der Waals surface area contributed by atoms with Gasteiger partial charge in [-0.2, -0.15) is 0 Å². The van der Waals surface area contributed by atoms with Crippen molar-refractivity contribution in [3.63, 3.8) is 0 Å². The molecule has 0 saturated carbocycles. The molecule has 100 valence electrons. The van der Waals surface area contributed by atoms with Gasteiger partial charge in [0, 0.05) is 16.0 Å². The van der Waals surface area contributed by atoms with Crippen LogP contribution in [0.2, 0.25) is 0 Å². The molecule has 0 unspecified atom stereocenters. The summed E-state index contributed by atoms with van der Waals surface area (Å²) < 4.78 is 4.73. The first kappa shape index (κ1) is 13.5. The zero-order valence-electron chi connectivity index (χ0n) is 11.0. The van der Waals surface area contributed by atoms with E-state index in [0.717, 1.165) is 6.42 Å². The molecule has 0 spiro atoms. The van der Waals surface area contributed by atoms with Crippen LogP contribution < -0.4 is 5.32 Å². The lowest BCUT2D eigenvalue weighted by atomic mass is 10.2. The van der Waals surface area contributed by atoms with E-state index < -0.39 is 0 Å². The minimum absolute atomic E-state index is 0.379. The van der Waals surface area contributed by atoms with Gasteiger partial charge >= 0.3 is 5.97 Å². The highest BCUT2D eigenvalue weighted by molar-refractivity contribution is 7.12. The Hall–Kier alpha value is -1.88. The van der Waals surface area contributed by atoms with Gasteiger partial charge < -0.3 is 10.1 Å². The average Bonchev–Trinajstić information content (AvgIpc) is 2.92. The van der Waals surface area contributed by atoms with Crippen LogP contribution in [0.15, 0.2) is 30.5 Å². The molecule has 0 radical (unpaired) electrons. The number of nitrogens with one attached hydrogen (secondary N) is 1. The second kappa shape index (κ2) is 6.33. The Morgan fingerprint density at radius 1 is 1.37 bits per heavy atom. The number of thiophene rings is 1. The quantitative estimate of drug-likeness (QED) is 0.853. The number of pyridine rings is 1. The minimum atomic E-state index is -0.379. The van der Waals surface area contributed by atoms with Gasteiger partial charge in [-0.15, -0.1) is 11.3 Å². The lowest BCUT2D eigenvalue weighted by Crippen LogP contribution is -2.09. The van der Waals surface area contributed by atoms with Crippen molar-refractivity contribution in [3.05, 3.63) is 45.8 Å². The number of carbonyl (C=O) groups excluding carboxylic acids is 1. The van der Waals surface area contributed by atoms with Crippen LogP contribution in [0.4, 0.5) is 5.82 Å². The maximum absolute atomic E-state index is 11.6. The molecule has 0 amide bonds. The van der Waals surface area contributed by atoms with Crippen molar-refractivity contribution >= 4 is 23.1 Å². The summed E-state index contributed by atoms with van der Waals surface area (Å²) in [7, 11) is 1.37. The molecule has 1 N–H and O–H groups in total. The standard InChI is InChI=1S/C14H16N2O2S/c1-3-10-6-7-11(19-10)9-16-13-12(14(17)18-2)5-4-8-15-13/h4-8H,3,9H2,1-2H3,(H,15,16). The fraction of sp³-hybridized carbons (Fsp3) is 0.286. The Kier molecular flexibility index (Phi) is 4.52. The number of carbonyl (C=O) groups is 1. The average molecular weight is 276 g/mol. The highest BCUT2D eigenvalue weighted by Gasteiger charge is 2.12. The minimum Gasteiger partial charge on any atom is -0.465 e. The molecule has 0 saturated heterocycles. The molecule has 19 heavy (non-hydrogen) atoms. The van der Waals surface area contributed by atoms with E-state index in [1.165, 1.54) is 16.9 Å². The zero-order chi connectivity index (χ0) is 13.7. The van der Waals surface area contributed by atoms with E-state index in [2.05, 4.69) is 29.4 Å². The number of esters is 1. The third-order valence-corrected chi connectivity index (χ3v) is 3.94. The van der Waals surface area contributed by atoms with Crippen molar-refractivity contribution in [2.24, 2.45) is 0 Å². The molecule has 0 aliphatic rings. The van der Waals surface area contributed by atoms with E-state index in [1.54, 1.807) is 29.7 Å². The number of nitrogens with zero attached hydrogens (tertiary/aromatic N) is 1. The van der Waals surface area contributed by atoms with E-state index in [1.807, 2.05) is 0 Å². The number of anilines is 1. The topological polar surface area (TPSA) is 51.2 Å². The molecule has 0 aliphatic carbocycles. The first-order valence-corrected chi connectivity index (χ1v) is 6.91. The molecule has 2 aromatic heterocycles. The molecular weight excluding hydrogens is 260 g/mol. The van der Waals surface area contributed by atoms with Gasteiger partial charge in [0.1, 0.15) is 11.4 Å². The van der Waals surface area contributed by atoms with Crippen LogP contribution in [0.3, 0.4) is 0 Å². The fourth-order valence-corrected chi connectivity index (χ4v) is 2.60. The summed E-state index contributed by atoms with van der Waals surface area (Å²) >= 11 is 1.77. The first-order chi connectivity index (χ1) is 9.24. The van der Waals surface area contributed by atoms with Crippen molar-refractivity contribution in [2.75, 3.05) is 12.4 Å². The molecule has 4 nitrogen and oxygen atoms in total. The summed E-state index contributed by atoms with van der Waals surface area (Å²) in [6.07, 6.45) is 2.70. The maximum atomic E-state index is 11.6. The van der Waals surface area contributed by atoms with Gasteiger partial charge in [-0.1, -0.05) is 6.92 Å². The van der Waals surface area contributed by atoms with Crippen molar-refractivity contribution < 1.29 is 9.53 Å². The zero-order valence-corrected chi connectivity index (χ0v) is 11.8. The molecule has 2 heterocycles. The van der Waals surface area contributed by atoms with Crippen LogP contribution in [-0.4, -0.2) is 18.1 Å². The molecule has 0 bridgehead atoms. The third-order valence-electron chi connectivity index (χ3n) is 2.71. The second-order valence-corrected chi connectivity index (χ2v) is 5.22. The Morgan fingerprint density at radius 2 is 2.16 bits per heavy atom. The van der Waals surface area contributed by atoms with E-state index >= 15 is 0 Å². The number of methoxy groups -OCH3 is 1. The van der Waals surface area contributed by atoms with E-state index in [4.69, 9.17) is 4.74 Å². The summed E-state index contributed by atoms with van der Waals surface area (Å²) in [6, 6.07) is 7.64. The number of hydrogen-bond donors (Lipinski definition) is 1. The van der Waals surface area contributed by atoms with E-state index in [-0.39, 0.29) is 5.97 Å². The monoisotopic (exact) mass is 276 g/mol. The maximum Gasteiger partial charge on any atom is 0.341 e. The van der Waals surface area contributed by atoms with Crippen LogP contribution in [0.25, 0.3) is 0 Å². The van der Waals surface area contributed by atoms with Gasteiger partial charge in [0.15, 0.2) is 0 Å². The summed E-state index contributed by atoms with van der Waals surface area (Å²) in [5.41, 5.74) is 0.456. The number of aromatic nitrogens is 1. The number of aryl methyl sites for hydroxylation is 1. The molecule has 2 rings (SSSR count). The van der Waals surface area contributed by atoms with Crippen molar-refractivity contribution in [2.45, 2.75) is 19.9 Å². The first-order valence-electron chi connectivity index (χ1n) is 6.09. The smallest absolute Gasteiger partial charge is 0.341 e. The number of hydrogen-bond acceptors (Lipinski definition) is 5. The van der Waals surface area contributed by atoms with E-state index in [0.29, 0.717) is 17.9 Å². The third kappa shape index (κ3) is 3.32. The Labute approximate surface area is 116 Å². The normalized spacial score (nSPS) is 10.2. The molecule has 0 aliphatic heterocycles. The van der Waals surface area contributed by atoms with Crippen LogP contribution in [0.5, 0.6) is 0 Å². The summed E-state index contributed by atoms with van der Waals surface area (Å²) in [4.78, 5) is 18.4. The molecular formula is C14H16N2O2S. The van der Waals surface area contributed by atoms with Crippen LogP contribution in [0.1, 0.15) is 27.0 Å². The predicted octanol–water partition coefficient (Wildman–Crippen LogP) is 3.10. The van der Waals surface area contributed by atoms with Crippen LogP contribution in [0, 0.1) is 0 Å². The van der Waals surface area contributed by atoms with Crippen molar-refractivity contribution in [3.8, 4) is 0 Å². The van der Waals surface area contributed by atoms with Gasteiger partial charge in [-0.25, -0.2) is 9.78 Å². The summed E-state index contributed by atoms with van der Waals surface area (Å²) in [5, 5.41) is 3.18. The van der Waals surface area contributed by atoms with Gasteiger partial charge in [0.2, 0.25) is 0 Å². The van der Waals surface area contributed by atoms with Gasteiger partial charge in [-0.05, 0) is 30.7 Å². The highest BCUT2D eigenvalue weighted by Crippen LogP contribution is 2.19. The lowest BCUT2D eigenvalue weighted by Gasteiger charge is -2.08. The van der Waals surface area contributed by atoms with Crippen LogP contribution in [-0.2, 0) is 17.7 Å². The second-order valence-electron chi connectivity index (χ2n) is 3.97. The molecule has 5 heteroatoms. The van der Waals surface area contributed by atoms with Crippen molar-refractivity contribution in [1.29, 1.82) is 0 Å². The lowest BCUT2D eigenvalue weighted by molar-refractivity contribution is 0.0601. The van der Waals surface area contributed by atoms with E-state index in [9.17, 15) is 4.79 Å². The van der Waals surface area contributed by atoms with Crippen LogP contribution >= 0.6 is 11.3 Å². The summed E-state index contributed by atoms with van der Waals surface area (Å²) in [6.45, 7) is 2.79.